The standard InChI is InChI=1S/C25H31N2P/c1-3-27(4-2)21-28(24-18-12-7-13-19-24)20-25(22-14-8-5-9-15-22)26-23-16-10-6-11-17-23/h5-19,25-26H,3-4,20-21H2,1-2H3. The summed E-state index contributed by atoms with van der Waals surface area (Å²) in [7, 11) is -0.303. The van der Waals surface area contributed by atoms with E-state index in [0.717, 1.165) is 25.5 Å². The van der Waals surface area contributed by atoms with Crippen LogP contribution in [0.2, 0.25) is 0 Å². The molecule has 2 unspecified atom stereocenters. The maximum absolute atomic E-state index is 3.80. The van der Waals surface area contributed by atoms with E-state index in [1.165, 1.54) is 16.6 Å². The molecule has 0 aliphatic carbocycles. The third-order valence-corrected chi connectivity index (χ3v) is 7.68. The van der Waals surface area contributed by atoms with Gasteiger partial charge >= 0.3 is 0 Å². The van der Waals surface area contributed by atoms with Crippen LogP contribution in [-0.2, 0) is 0 Å². The molecule has 0 spiro atoms. The van der Waals surface area contributed by atoms with Gasteiger partial charge in [-0.05, 0) is 42.3 Å². The van der Waals surface area contributed by atoms with E-state index in [1.54, 1.807) is 0 Å². The average Bonchev–Trinajstić information content (AvgIpc) is 2.78. The van der Waals surface area contributed by atoms with Crippen LogP contribution in [0.3, 0.4) is 0 Å². The third-order valence-electron chi connectivity index (χ3n) is 5.11. The Balaban J connectivity index is 1.88. The average molecular weight is 391 g/mol. The molecule has 0 fully saturated rings. The molecule has 28 heavy (non-hydrogen) atoms. The Morgan fingerprint density at radius 2 is 1.29 bits per heavy atom. The van der Waals surface area contributed by atoms with Crippen LogP contribution in [0.25, 0.3) is 0 Å². The van der Waals surface area contributed by atoms with Gasteiger partial charge in [0.15, 0.2) is 0 Å². The summed E-state index contributed by atoms with van der Waals surface area (Å²) in [6.45, 7) is 6.73. The Labute approximate surface area is 171 Å². The maximum Gasteiger partial charge on any atom is 0.0556 e. The monoisotopic (exact) mass is 390 g/mol. The molecule has 3 aromatic carbocycles. The Kier molecular flexibility index (Phi) is 8.08. The van der Waals surface area contributed by atoms with Crippen LogP contribution < -0.4 is 10.6 Å². The number of anilines is 1. The summed E-state index contributed by atoms with van der Waals surface area (Å²) in [4.78, 5) is 2.56. The van der Waals surface area contributed by atoms with E-state index >= 15 is 0 Å². The van der Waals surface area contributed by atoms with Gasteiger partial charge in [-0.1, -0.05) is 101 Å². The van der Waals surface area contributed by atoms with Crippen LogP contribution in [0.4, 0.5) is 5.69 Å². The van der Waals surface area contributed by atoms with E-state index in [1.807, 2.05) is 0 Å². The molecule has 0 bridgehead atoms. The van der Waals surface area contributed by atoms with Crippen LogP contribution in [0, 0.1) is 0 Å². The maximum atomic E-state index is 3.80. The quantitative estimate of drug-likeness (QED) is 0.431. The SMILES string of the molecule is CCN(CC)CP(CC(Nc1ccccc1)c1ccccc1)c1ccccc1. The summed E-state index contributed by atoms with van der Waals surface area (Å²) in [6.07, 6.45) is 2.26. The highest BCUT2D eigenvalue weighted by atomic mass is 31.1. The molecule has 0 aromatic heterocycles. The Hall–Kier alpha value is -2.15. The molecule has 0 heterocycles. The van der Waals surface area contributed by atoms with Crippen molar-refractivity contribution in [1.82, 2.24) is 4.90 Å². The summed E-state index contributed by atoms with van der Waals surface area (Å²) in [5, 5.41) is 5.29. The third kappa shape index (κ3) is 5.92. The molecule has 0 radical (unpaired) electrons. The molecule has 3 heteroatoms. The lowest BCUT2D eigenvalue weighted by atomic mass is 10.1. The summed E-state index contributed by atoms with van der Waals surface area (Å²) in [5.74, 6) is 0. The van der Waals surface area contributed by atoms with Gasteiger partial charge in [-0.25, -0.2) is 0 Å². The van der Waals surface area contributed by atoms with E-state index in [-0.39, 0.29) is 7.92 Å². The van der Waals surface area contributed by atoms with E-state index in [4.69, 9.17) is 0 Å². The highest BCUT2D eigenvalue weighted by Crippen LogP contribution is 2.40. The molecule has 0 aliphatic rings. The minimum absolute atomic E-state index is 0.297. The van der Waals surface area contributed by atoms with Crippen LogP contribution in [0.15, 0.2) is 91.0 Å². The fourth-order valence-corrected chi connectivity index (χ4v) is 6.13. The lowest BCUT2D eigenvalue weighted by Crippen LogP contribution is -2.28. The van der Waals surface area contributed by atoms with Gasteiger partial charge in [0.2, 0.25) is 0 Å². The lowest BCUT2D eigenvalue weighted by molar-refractivity contribution is 0.355. The van der Waals surface area contributed by atoms with Crippen molar-refractivity contribution in [2.24, 2.45) is 0 Å². The molecule has 0 saturated heterocycles. The topological polar surface area (TPSA) is 15.3 Å². The van der Waals surface area contributed by atoms with Crippen molar-refractivity contribution in [3.05, 3.63) is 96.6 Å². The number of nitrogens with one attached hydrogen (secondary N) is 1. The molecule has 0 saturated carbocycles. The summed E-state index contributed by atoms with van der Waals surface area (Å²) >= 11 is 0. The molecule has 2 atom stereocenters. The van der Waals surface area contributed by atoms with Gasteiger partial charge in [-0.15, -0.1) is 0 Å². The van der Waals surface area contributed by atoms with Gasteiger partial charge in [0, 0.05) is 12.0 Å². The number of nitrogens with zero attached hydrogens (tertiary/aromatic N) is 1. The van der Waals surface area contributed by atoms with Crippen LogP contribution in [0.5, 0.6) is 0 Å². The molecular weight excluding hydrogens is 359 g/mol. The molecule has 3 aromatic rings. The fraction of sp³-hybridized carbons (Fsp3) is 0.280. The van der Waals surface area contributed by atoms with Crippen molar-refractivity contribution in [3.63, 3.8) is 0 Å². The Morgan fingerprint density at radius 1 is 0.750 bits per heavy atom. The van der Waals surface area contributed by atoms with Crippen molar-refractivity contribution in [3.8, 4) is 0 Å². The first kappa shape index (κ1) is 20.6. The van der Waals surface area contributed by atoms with Gasteiger partial charge in [0.05, 0.1) is 6.04 Å². The largest absolute Gasteiger partial charge is 0.378 e. The Bertz CT molecular complexity index is 789. The smallest absolute Gasteiger partial charge is 0.0556 e. The molecule has 146 valence electrons. The molecule has 2 nitrogen and oxygen atoms in total. The zero-order chi connectivity index (χ0) is 19.6. The number of para-hydroxylation sites is 1. The predicted octanol–water partition coefficient (Wildman–Crippen LogP) is 5.95. The minimum atomic E-state index is -0.303. The fourth-order valence-electron chi connectivity index (χ4n) is 3.42. The van der Waals surface area contributed by atoms with E-state index in [0.29, 0.717) is 6.04 Å². The van der Waals surface area contributed by atoms with Crippen LogP contribution >= 0.6 is 7.92 Å². The normalized spacial score (nSPS) is 13.2. The van der Waals surface area contributed by atoms with Crippen LogP contribution in [-0.4, -0.2) is 30.4 Å². The second-order valence-electron chi connectivity index (χ2n) is 6.98. The zero-order valence-corrected chi connectivity index (χ0v) is 17.9. The summed E-state index contributed by atoms with van der Waals surface area (Å²) < 4.78 is 0. The lowest BCUT2D eigenvalue weighted by Gasteiger charge is -2.30. The van der Waals surface area contributed by atoms with E-state index < -0.39 is 0 Å². The molecule has 0 amide bonds. The van der Waals surface area contributed by atoms with Crippen molar-refractivity contribution >= 4 is 18.9 Å². The zero-order valence-electron chi connectivity index (χ0n) is 17.0. The summed E-state index contributed by atoms with van der Waals surface area (Å²) in [6, 6.07) is 32.8. The first-order valence-electron chi connectivity index (χ1n) is 10.2. The Morgan fingerprint density at radius 3 is 1.86 bits per heavy atom. The first-order chi connectivity index (χ1) is 13.8. The first-order valence-corrected chi connectivity index (χ1v) is 11.9. The predicted molar refractivity (Wildman–Crippen MR) is 125 cm³/mol. The van der Waals surface area contributed by atoms with Crippen molar-refractivity contribution in [2.45, 2.75) is 19.9 Å². The van der Waals surface area contributed by atoms with Crippen LogP contribution in [0.1, 0.15) is 25.5 Å². The van der Waals surface area contributed by atoms with E-state index in [9.17, 15) is 0 Å². The van der Waals surface area contributed by atoms with Crippen molar-refractivity contribution in [2.75, 3.05) is 30.9 Å². The number of hydrogen-bond donors (Lipinski definition) is 1. The van der Waals surface area contributed by atoms with E-state index in [2.05, 4.69) is 115 Å². The van der Waals surface area contributed by atoms with Crippen molar-refractivity contribution < 1.29 is 0 Å². The van der Waals surface area contributed by atoms with Gasteiger partial charge in [0.1, 0.15) is 0 Å². The number of benzene rings is 3. The van der Waals surface area contributed by atoms with Gasteiger partial charge in [-0.2, -0.15) is 0 Å². The molecule has 1 N–H and O–H groups in total. The second kappa shape index (κ2) is 11.0. The van der Waals surface area contributed by atoms with Crippen molar-refractivity contribution in [1.29, 1.82) is 0 Å². The number of hydrogen-bond acceptors (Lipinski definition) is 2. The second-order valence-corrected chi connectivity index (χ2v) is 9.22. The summed E-state index contributed by atoms with van der Waals surface area (Å²) in [5.41, 5.74) is 2.54. The van der Waals surface area contributed by atoms with Gasteiger partial charge in [0.25, 0.3) is 0 Å². The number of rotatable bonds is 10. The molecule has 3 rings (SSSR count). The molecule has 0 aliphatic heterocycles. The van der Waals surface area contributed by atoms with Gasteiger partial charge in [-0.3, -0.25) is 4.90 Å². The minimum Gasteiger partial charge on any atom is -0.378 e. The van der Waals surface area contributed by atoms with Gasteiger partial charge < -0.3 is 5.32 Å². The highest BCUT2D eigenvalue weighted by molar-refractivity contribution is 7.65. The highest BCUT2D eigenvalue weighted by Gasteiger charge is 2.21. The molecular formula is C25H31N2P.